The summed E-state index contributed by atoms with van der Waals surface area (Å²) in [6.07, 6.45) is 6.96. The molecule has 4 rings (SSSR count). The van der Waals surface area contributed by atoms with Gasteiger partial charge in [0.25, 0.3) is 0 Å². The van der Waals surface area contributed by atoms with E-state index in [1.165, 1.54) is 4.80 Å². The fraction of sp³-hybridized carbons (Fsp3) is 0.444. The van der Waals surface area contributed by atoms with Crippen molar-refractivity contribution in [2.75, 3.05) is 18.4 Å². The monoisotopic (exact) mass is 339 g/mol. The average molecular weight is 339 g/mol. The van der Waals surface area contributed by atoms with Crippen LogP contribution in [0.5, 0.6) is 0 Å². The molecular weight excluding hydrogens is 318 g/mol. The lowest BCUT2D eigenvalue weighted by molar-refractivity contribution is -0.135. The summed E-state index contributed by atoms with van der Waals surface area (Å²) in [7, 11) is 0. The number of anilines is 1. The van der Waals surface area contributed by atoms with E-state index < -0.39 is 0 Å². The number of aromatic nitrogens is 3. The summed E-state index contributed by atoms with van der Waals surface area (Å²) in [6.45, 7) is 1.32. The predicted octanol–water partition coefficient (Wildman–Crippen LogP) is 1.85. The third-order valence-corrected chi connectivity index (χ3v) is 4.81. The Hall–Kier alpha value is -2.70. The van der Waals surface area contributed by atoms with Gasteiger partial charge in [0.1, 0.15) is 0 Å². The van der Waals surface area contributed by atoms with Crippen LogP contribution in [0.25, 0.3) is 5.69 Å². The number of nitrogens with zero attached hydrogens (tertiary/aromatic N) is 4. The van der Waals surface area contributed by atoms with Crippen LogP contribution in [0.4, 0.5) is 5.69 Å². The number of hydrogen-bond acceptors (Lipinski definition) is 4. The minimum atomic E-state index is -0.135. The second-order valence-electron chi connectivity index (χ2n) is 6.75. The van der Waals surface area contributed by atoms with Crippen molar-refractivity contribution in [3.8, 4) is 5.69 Å². The molecule has 2 heterocycles. The number of rotatable bonds is 4. The SMILES string of the molecule is O=C(Nc1ccc(-n2nccn2)cc1)[C@H]1CCCN(C(=O)C2CC2)C1. The standard InChI is InChI=1S/C18H21N5O2/c24-17(14-2-1-11-22(12-14)18(25)13-3-4-13)21-15-5-7-16(8-6-15)23-19-9-10-20-23/h5-10,13-14H,1-4,11-12H2,(H,21,24)/t14-/m0/s1. The Labute approximate surface area is 146 Å². The van der Waals surface area contributed by atoms with Crippen molar-refractivity contribution in [2.24, 2.45) is 11.8 Å². The van der Waals surface area contributed by atoms with Gasteiger partial charge in [0.15, 0.2) is 0 Å². The maximum Gasteiger partial charge on any atom is 0.229 e. The smallest absolute Gasteiger partial charge is 0.229 e. The zero-order chi connectivity index (χ0) is 17.2. The van der Waals surface area contributed by atoms with Crippen molar-refractivity contribution in [2.45, 2.75) is 25.7 Å². The summed E-state index contributed by atoms with van der Waals surface area (Å²) in [6, 6.07) is 7.40. The van der Waals surface area contributed by atoms with E-state index in [1.54, 1.807) is 12.4 Å². The van der Waals surface area contributed by atoms with Gasteiger partial charge in [-0.25, -0.2) is 0 Å². The van der Waals surface area contributed by atoms with Gasteiger partial charge < -0.3 is 10.2 Å². The van der Waals surface area contributed by atoms with Crippen LogP contribution in [0.2, 0.25) is 0 Å². The molecule has 2 aromatic rings. The molecule has 0 radical (unpaired) electrons. The molecule has 0 spiro atoms. The minimum Gasteiger partial charge on any atom is -0.342 e. The van der Waals surface area contributed by atoms with E-state index in [4.69, 9.17) is 0 Å². The van der Waals surface area contributed by atoms with Crippen LogP contribution in [0.1, 0.15) is 25.7 Å². The van der Waals surface area contributed by atoms with Crippen molar-refractivity contribution in [1.82, 2.24) is 19.9 Å². The topological polar surface area (TPSA) is 80.1 Å². The molecule has 0 unspecified atom stereocenters. The Morgan fingerprint density at radius 2 is 1.72 bits per heavy atom. The van der Waals surface area contributed by atoms with Crippen molar-refractivity contribution in [3.05, 3.63) is 36.7 Å². The number of likely N-dealkylation sites (tertiary alicyclic amines) is 1. The Balaban J connectivity index is 1.37. The first kappa shape index (κ1) is 15.8. The molecule has 1 atom stereocenters. The Morgan fingerprint density at radius 1 is 1.00 bits per heavy atom. The number of carbonyl (C=O) groups is 2. The molecule has 2 aliphatic rings. The van der Waals surface area contributed by atoms with Crippen LogP contribution in [-0.4, -0.2) is 44.8 Å². The molecule has 1 aliphatic heterocycles. The molecule has 1 N–H and O–H groups in total. The van der Waals surface area contributed by atoms with E-state index >= 15 is 0 Å². The molecular formula is C18H21N5O2. The molecule has 7 nitrogen and oxygen atoms in total. The number of nitrogens with one attached hydrogen (secondary N) is 1. The summed E-state index contributed by atoms with van der Waals surface area (Å²) >= 11 is 0. The third kappa shape index (κ3) is 3.55. The Kier molecular flexibility index (Phi) is 4.21. The highest BCUT2D eigenvalue weighted by atomic mass is 16.2. The highest BCUT2D eigenvalue weighted by Gasteiger charge is 2.36. The Morgan fingerprint density at radius 3 is 2.40 bits per heavy atom. The fourth-order valence-electron chi connectivity index (χ4n) is 3.25. The number of amides is 2. The van der Waals surface area contributed by atoms with Crippen molar-refractivity contribution in [1.29, 1.82) is 0 Å². The minimum absolute atomic E-state index is 0.0155. The molecule has 1 aromatic heterocycles. The number of carbonyl (C=O) groups excluding carboxylic acids is 2. The van der Waals surface area contributed by atoms with Crippen molar-refractivity contribution >= 4 is 17.5 Å². The molecule has 1 saturated carbocycles. The number of hydrogen-bond donors (Lipinski definition) is 1. The predicted molar refractivity (Wildman–Crippen MR) is 92.0 cm³/mol. The van der Waals surface area contributed by atoms with Crippen LogP contribution in [0, 0.1) is 11.8 Å². The van der Waals surface area contributed by atoms with Crippen molar-refractivity contribution in [3.63, 3.8) is 0 Å². The quantitative estimate of drug-likeness (QED) is 0.922. The molecule has 130 valence electrons. The lowest BCUT2D eigenvalue weighted by Gasteiger charge is -2.32. The lowest BCUT2D eigenvalue weighted by atomic mass is 9.96. The van der Waals surface area contributed by atoms with E-state index in [2.05, 4.69) is 15.5 Å². The van der Waals surface area contributed by atoms with Gasteiger partial charge in [-0.1, -0.05) is 0 Å². The molecule has 1 aliphatic carbocycles. The summed E-state index contributed by atoms with van der Waals surface area (Å²) in [4.78, 5) is 28.2. The second kappa shape index (κ2) is 6.66. The fourth-order valence-corrected chi connectivity index (χ4v) is 3.25. The van der Waals surface area contributed by atoms with E-state index in [0.29, 0.717) is 6.54 Å². The van der Waals surface area contributed by atoms with Gasteiger partial charge in [0, 0.05) is 24.7 Å². The summed E-state index contributed by atoms with van der Waals surface area (Å²) in [5, 5.41) is 11.1. The molecule has 2 fully saturated rings. The molecule has 2 amide bonds. The third-order valence-electron chi connectivity index (χ3n) is 4.81. The number of piperidine rings is 1. The van der Waals surface area contributed by atoms with E-state index in [1.807, 2.05) is 29.2 Å². The van der Waals surface area contributed by atoms with Crippen LogP contribution < -0.4 is 5.32 Å². The largest absolute Gasteiger partial charge is 0.342 e. The van der Waals surface area contributed by atoms with Gasteiger partial charge in [0.2, 0.25) is 11.8 Å². The van der Waals surface area contributed by atoms with E-state index in [9.17, 15) is 9.59 Å². The number of benzene rings is 1. The Bertz CT molecular complexity index is 752. The first-order valence-corrected chi connectivity index (χ1v) is 8.77. The first-order valence-electron chi connectivity index (χ1n) is 8.77. The summed E-state index contributed by atoms with van der Waals surface area (Å²) < 4.78 is 0. The maximum absolute atomic E-state index is 12.6. The normalized spacial score (nSPS) is 20.3. The van der Waals surface area contributed by atoms with Crippen LogP contribution in [0.15, 0.2) is 36.7 Å². The molecule has 1 aromatic carbocycles. The molecule has 25 heavy (non-hydrogen) atoms. The molecule has 0 bridgehead atoms. The van der Waals surface area contributed by atoms with Gasteiger partial charge in [-0.2, -0.15) is 15.0 Å². The van der Waals surface area contributed by atoms with E-state index in [-0.39, 0.29) is 23.7 Å². The van der Waals surface area contributed by atoms with Crippen molar-refractivity contribution < 1.29 is 9.59 Å². The average Bonchev–Trinajstić information content (AvgIpc) is 3.36. The zero-order valence-electron chi connectivity index (χ0n) is 14.0. The highest BCUT2D eigenvalue weighted by Crippen LogP contribution is 2.32. The highest BCUT2D eigenvalue weighted by molar-refractivity contribution is 5.93. The molecule has 1 saturated heterocycles. The molecule has 7 heteroatoms. The summed E-state index contributed by atoms with van der Waals surface area (Å²) in [5.74, 6) is 0.293. The second-order valence-corrected chi connectivity index (χ2v) is 6.75. The van der Waals surface area contributed by atoms with Gasteiger partial charge in [-0.15, -0.1) is 0 Å². The van der Waals surface area contributed by atoms with Gasteiger partial charge in [-0.05, 0) is 49.9 Å². The van der Waals surface area contributed by atoms with Gasteiger partial charge >= 0.3 is 0 Å². The first-order chi connectivity index (χ1) is 12.2. The lowest BCUT2D eigenvalue weighted by Crippen LogP contribution is -2.44. The van der Waals surface area contributed by atoms with E-state index in [0.717, 1.165) is 43.6 Å². The van der Waals surface area contributed by atoms with Crippen LogP contribution >= 0.6 is 0 Å². The maximum atomic E-state index is 12.6. The van der Waals surface area contributed by atoms with Crippen LogP contribution in [-0.2, 0) is 9.59 Å². The van der Waals surface area contributed by atoms with Gasteiger partial charge in [-0.3, -0.25) is 9.59 Å². The summed E-state index contributed by atoms with van der Waals surface area (Å²) in [5.41, 5.74) is 1.58. The van der Waals surface area contributed by atoms with Crippen LogP contribution in [0.3, 0.4) is 0 Å². The van der Waals surface area contributed by atoms with Gasteiger partial charge in [0.05, 0.1) is 24.0 Å². The zero-order valence-corrected chi connectivity index (χ0v) is 14.0.